The Hall–Kier alpha value is -1.96. The molecule has 0 atom stereocenters. The van der Waals surface area contributed by atoms with Gasteiger partial charge in [-0.15, -0.1) is 0 Å². The summed E-state index contributed by atoms with van der Waals surface area (Å²) in [7, 11) is 0. The molecule has 0 aliphatic heterocycles. The molecule has 0 rings (SSSR count). The first-order chi connectivity index (χ1) is 16.0. The van der Waals surface area contributed by atoms with E-state index in [1.54, 1.807) is 0 Å². The van der Waals surface area contributed by atoms with Crippen LogP contribution in [0.15, 0.2) is 36.5 Å². The minimum atomic E-state index is -0.833. The fraction of sp³-hybridized carbons (Fsp3) is 0.692. The van der Waals surface area contributed by atoms with Gasteiger partial charge in [-0.3, -0.25) is 9.59 Å². The third-order valence-electron chi connectivity index (χ3n) is 4.48. The highest BCUT2D eigenvalue weighted by Gasteiger charge is 2.00. The number of rotatable bonds is 21. The summed E-state index contributed by atoms with van der Waals surface area (Å²) < 4.78 is 0. The van der Waals surface area contributed by atoms with Crippen LogP contribution in [0, 0.1) is 0 Å². The molecule has 7 nitrogen and oxygen atoms in total. The van der Waals surface area contributed by atoms with E-state index >= 15 is 0 Å². The average Bonchev–Trinajstić information content (AvgIpc) is 2.78. The van der Waals surface area contributed by atoms with E-state index in [0.717, 1.165) is 65.2 Å². The molecule has 192 valence electrons. The smallest absolute Gasteiger partial charge is 0.300 e. The monoisotopic (exact) mass is 466 g/mol. The Morgan fingerprint density at radius 3 is 1.91 bits per heavy atom. The summed E-state index contributed by atoms with van der Waals surface area (Å²) in [6.07, 6.45) is 24.3. The molecule has 0 unspecified atom stereocenters. The van der Waals surface area contributed by atoms with Crippen LogP contribution < -0.4 is 21.7 Å². The molecule has 0 aliphatic carbocycles. The molecule has 6 N–H and O–H groups in total. The molecule has 0 aliphatic rings. The Morgan fingerprint density at radius 1 is 0.758 bits per heavy atom. The van der Waals surface area contributed by atoms with E-state index in [1.807, 2.05) is 0 Å². The van der Waals surface area contributed by atoms with E-state index in [-0.39, 0.29) is 5.91 Å². The van der Waals surface area contributed by atoms with Crippen LogP contribution in [0.1, 0.15) is 78.1 Å². The van der Waals surface area contributed by atoms with E-state index in [2.05, 4.69) is 59.3 Å². The summed E-state index contributed by atoms with van der Waals surface area (Å²) in [5.41, 5.74) is 5.40. The molecule has 0 heterocycles. The van der Waals surface area contributed by atoms with Crippen molar-refractivity contribution in [3.8, 4) is 0 Å². The Kier molecular flexibility index (Phi) is 30.2. The topological polar surface area (TPSA) is 116 Å². The van der Waals surface area contributed by atoms with Gasteiger partial charge in [-0.25, -0.2) is 0 Å². The van der Waals surface area contributed by atoms with Crippen molar-refractivity contribution in [3.63, 3.8) is 0 Å². The number of nitrogens with one attached hydrogen (secondary N) is 3. The molecule has 0 fully saturated rings. The molecule has 33 heavy (non-hydrogen) atoms. The maximum Gasteiger partial charge on any atom is 0.300 e. The summed E-state index contributed by atoms with van der Waals surface area (Å²) in [5, 5.41) is 16.9. The molecule has 1 amide bonds. The molecular formula is C26H50N4O3. The van der Waals surface area contributed by atoms with Crippen molar-refractivity contribution < 1.29 is 14.7 Å². The second-order valence-electron chi connectivity index (χ2n) is 7.76. The molecule has 0 bridgehead atoms. The Bertz CT molecular complexity index is 516. The largest absolute Gasteiger partial charge is 0.481 e. The van der Waals surface area contributed by atoms with Crippen LogP contribution >= 0.6 is 0 Å². The molecular weight excluding hydrogens is 416 g/mol. The average molecular weight is 467 g/mol. The Labute approximate surface area is 202 Å². The molecule has 7 heteroatoms. The van der Waals surface area contributed by atoms with Gasteiger partial charge in [-0.05, 0) is 38.5 Å². The number of carboxylic acids is 1. The van der Waals surface area contributed by atoms with Crippen LogP contribution in [0.2, 0.25) is 0 Å². The highest BCUT2D eigenvalue weighted by atomic mass is 16.4. The lowest BCUT2D eigenvalue weighted by molar-refractivity contribution is -0.134. The van der Waals surface area contributed by atoms with Gasteiger partial charge in [0, 0.05) is 52.6 Å². The van der Waals surface area contributed by atoms with Crippen molar-refractivity contribution in [2.24, 2.45) is 5.73 Å². The molecule has 0 saturated carbocycles. The quantitative estimate of drug-likeness (QED) is 0.129. The number of carboxylic acid groups (broad SMARTS) is 1. The van der Waals surface area contributed by atoms with Crippen molar-refractivity contribution in [3.05, 3.63) is 36.5 Å². The Morgan fingerprint density at radius 2 is 1.27 bits per heavy atom. The predicted octanol–water partition coefficient (Wildman–Crippen LogP) is 3.92. The summed E-state index contributed by atoms with van der Waals surface area (Å²) in [4.78, 5) is 20.8. The van der Waals surface area contributed by atoms with Gasteiger partial charge in [0.15, 0.2) is 0 Å². The molecule has 0 aromatic rings. The van der Waals surface area contributed by atoms with Gasteiger partial charge in [0.1, 0.15) is 0 Å². The highest BCUT2D eigenvalue weighted by Crippen LogP contribution is 2.08. The minimum absolute atomic E-state index is 0.175. The third kappa shape index (κ3) is 37.7. The fourth-order valence-corrected chi connectivity index (χ4v) is 2.81. The highest BCUT2D eigenvalue weighted by molar-refractivity contribution is 5.75. The SMILES string of the molecule is CC(=O)O.CC/C=C/C/C=C/C/C=C/CCCCCCCC(=O)NCCNCCNCCN. The van der Waals surface area contributed by atoms with Crippen molar-refractivity contribution in [1.82, 2.24) is 16.0 Å². The molecule has 0 aromatic carbocycles. The summed E-state index contributed by atoms with van der Waals surface area (Å²) >= 11 is 0. The summed E-state index contributed by atoms with van der Waals surface area (Å²) in [6, 6.07) is 0. The third-order valence-corrected chi connectivity index (χ3v) is 4.48. The minimum Gasteiger partial charge on any atom is -0.481 e. The zero-order chi connectivity index (χ0) is 24.8. The zero-order valence-corrected chi connectivity index (χ0v) is 21.1. The Balaban J connectivity index is 0. The van der Waals surface area contributed by atoms with Gasteiger partial charge in [-0.2, -0.15) is 0 Å². The van der Waals surface area contributed by atoms with Gasteiger partial charge in [-0.1, -0.05) is 62.6 Å². The van der Waals surface area contributed by atoms with Gasteiger partial charge >= 0.3 is 0 Å². The number of hydrogen-bond acceptors (Lipinski definition) is 5. The van der Waals surface area contributed by atoms with E-state index in [0.29, 0.717) is 19.5 Å². The first-order valence-electron chi connectivity index (χ1n) is 12.6. The second kappa shape index (κ2) is 30.0. The van der Waals surface area contributed by atoms with Crippen LogP contribution in [-0.2, 0) is 9.59 Å². The maximum atomic E-state index is 11.8. The number of carbonyl (C=O) groups excluding carboxylic acids is 1. The molecule has 0 spiro atoms. The van der Waals surface area contributed by atoms with E-state index in [1.165, 1.54) is 25.7 Å². The number of carbonyl (C=O) groups is 2. The fourth-order valence-electron chi connectivity index (χ4n) is 2.81. The van der Waals surface area contributed by atoms with Crippen LogP contribution in [0.3, 0.4) is 0 Å². The van der Waals surface area contributed by atoms with Crippen molar-refractivity contribution in [1.29, 1.82) is 0 Å². The maximum absolute atomic E-state index is 11.8. The van der Waals surface area contributed by atoms with Crippen LogP contribution in [0.25, 0.3) is 0 Å². The van der Waals surface area contributed by atoms with Crippen molar-refractivity contribution >= 4 is 11.9 Å². The van der Waals surface area contributed by atoms with Crippen molar-refractivity contribution in [2.45, 2.75) is 78.1 Å². The van der Waals surface area contributed by atoms with E-state index in [4.69, 9.17) is 15.6 Å². The predicted molar refractivity (Wildman–Crippen MR) is 140 cm³/mol. The number of hydrogen-bond donors (Lipinski definition) is 5. The number of amides is 1. The van der Waals surface area contributed by atoms with Gasteiger partial charge in [0.25, 0.3) is 5.97 Å². The van der Waals surface area contributed by atoms with Crippen LogP contribution in [0.4, 0.5) is 0 Å². The first kappa shape index (κ1) is 33.2. The normalized spacial score (nSPS) is 11.2. The second-order valence-corrected chi connectivity index (χ2v) is 7.76. The van der Waals surface area contributed by atoms with Gasteiger partial charge < -0.3 is 26.8 Å². The lowest BCUT2D eigenvalue weighted by Crippen LogP contribution is -2.35. The van der Waals surface area contributed by atoms with Crippen molar-refractivity contribution in [2.75, 3.05) is 39.3 Å². The van der Waals surface area contributed by atoms with E-state index < -0.39 is 5.97 Å². The standard InChI is InChI=1S/C24H46N4O.C2H4O2/c1-2-3-4-5-6-7-8-9-10-11-12-13-14-15-16-17-24(29)28-23-22-27-21-20-26-19-18-25;1-2(3)4/h3-4,6-7,9-10,26-27H,2,5,8,11-23,25H2,1H3,(H,28,29);1H3,(H,3,4)/b4-3+,7-6+,10-9+;. The number of allylic oxidation sites excluding steroid dienone is 6. The van der Waals surface area contributed by atoms with E-state index in [9.17, 15) is 4.79 Å². The molecule has 0 aromatic heterocycles. The van der Waals surface area contributed by atoms with Gasteiger partial charge in [0.2, 0.25) is 5.91 Å². The van der Waals surface area contributed by atoms with Crippen LogP contribution in [-0.4, -0.2) is 56.3 Å². The zero-order valence-electron chi connectivity index (χ0n) is 21.1. The lowest BCUT2D eigenvalue weighted by atomic mass is 10.1. The molecule has 0 radical (unpaired) electrons. The first-order valence-corrected chi connectivity index (χ1v) is 12.6. The summed E-state index contributed by atoms with van der Waals surface area (Å²) in [6.45, 7) is 8.09. The number of unbranched alkanes of at least 4 members (excludes halogenated alkanes) is 5. The van der Waals surface area contributed by atoms with Gasteiger partial charge in [0.05, 0.1) is 0 Å². The number of nitrogens with two attached hydrogens (primary N) is 1. The molecule has 0 saturated heterocycles. The number of aliphatic carboxylic acids is 1. The lowest BCUT2D eigenvalue weighted by Gasteiger charge is -2.07. The van der Waals surface area contributed by atoms with Crippen LogP contribution in [0.5, 0.6) is 0 Å². The summed E-state index contributed by atoms with van der Waals surface area (Å²) in [5.74, 6) is -0.658.